The van der Waals surface area contributed by atoms with Crippen LogP contribution in [0.2, 0.25) is 0 Å². The molecule has 21 heavy (non-hydrogen) atoms. The van der Waals surface area contributed by atoms with Gasteiger partial charge in [0.2, 0.25) is 0 Å². The van der Waals surface area contributed by atoms with Gasteiger partial charge in [0, 0.05) is 51.7 Å². The number of hydrogen-bond donors (Lipinski definition) is 0. The van der Waals surface area contributed by atoms with E-state index in [4.69, 9.17) is 0 Å². The van der Waals surface area contributed by atoms with E-state index in [9.17, 15) is 19.2 Å². The SMILES string of the molecule is Cn1c(=O)ccn(CCCn2ccc(=O)n(C)c2=O)c1=O. The number of hydrogen-bond acceptors (Lipinski definition) is 4. The third-order valence-corrected chi connectivity index (χ3v) is 3.32. The highest BCUT2D eigenvalue weighted by Crippen LogP contribution is 1.89. The minimum absolute atomic E-state index is 0.356. The van der Waals surface area contributed by atoms with E-state index in [2.05, 4.69) is 0 Å². The van der Waals surface area contributed by atoms with E-state index in [0.29, 0.717) is 19.5 Å². The van der Waals surface area contributed by atoms with Crippen LogP contribution in [0.3, 0.4) is 0 Å². The maximum absolute atomic E-state index is 11.8. The van der Waals surface area contributed by atoms with Gasteiger partial charge in [0.1, 0.15) is 0 Å². The Bertz CT molecular complexity index is 811. The summed E-state index contributed by atoms with van der Waals surface area (Å²) >= 11 is 0. The third-order valence-electron chi connectivity index (χ3n) is 3.32. The van der Waals surface area contributed by atoms with Crippen LogP contribution in [0.25, 0.3) is 0 Å². The van der Waals surface area contributed by atoms with E-state index in [1.807, 2.05) is 0 Å². The first-order chi connectivity index (χ1) is 9.91. The highest BCUT2D eigenvalue weighted by atomic mass is 16.2. The van der Waals surface area contributed by atoms with Crippen LogP contribution in [0, 0.1) is 0 Å². The molecule has 0 amide bonds. The first-order valence-corrected chi connectivity index (χ1v) is 6.45. The van der Waals surface area contributed by atoms with Gasteiger partial charge in [-0.3, -0.25) is 18.7 Å². The summed E-state index contributed by atoms with van der Waals surface area (Å²) in [6, 6.07) is 2.64. The second-order valence-electron chi connectivity index (χ2n) is 4.73. The van der Waals surface area contributed by atoms with Crippen molar-refractivity contribution in [3.05, 3.63) is 66.2 Å². The van der Waals surface area contributed by atoms with Crippen molar-refractivity contribution in [1.29, 1.82) is 0 Å². The van der Waals surface area contributed by atoms with E-state index in [0.717, 1.165) is 9.13 Å². The summed E-state index contributed by atoms with van der Waals surface area (Å²) in [4.78, 5) is 46.2. The molecular weight excluding hydrogens is 276 g/mol. The molecule has 0 saturated heterocycles. The summed E-state index contributed by atoms with van der Waals surface area (Å²) in [5.41, 5.74) is -1.50. The molecule has 0 aromatic carbocycles. The summed E-state index contributed by atoms with van der Waals surface area (Å²) in [5.74, 6) is 0. The average Bonchev–Trinajstić information content (AvgIpc) is 2.47. The fraction of sp³-hybridized carbons (Fsp3) is 0.385. The van der Waals surface area contributed by atoms with E-state index in [-0.39, 0.29) is 11.1 Å². The van der Waals surface area contributed by atoms with Gasteiger partial charge in [0.05, 0.1) is 0 Å². The summed E-state index contributed by atoms with van der Waals surface area (Å²) in [7, 11) is 2.83. The monoisotopic (exact) mass is 292 g/mol. The standard InChI is InChI=1S/C13H16N4O4/c1-14-10(18)4-8-16(12(14)20)6-3-7-17-9-5-11(19)15(2)13(17)21/h4-5,8-9H,3,6-7H2,1-2H3. The molecule has 0 N–H and O–H groups in total. The van der Waals surface area contributed by atoms with Gasteiger partial charge in [-0.05, 0) is 6.42 Å². The maximum atomic E-state index is 11.8. The van der Waals surface area contributed by atoms with Crippen LogP contribution in [0.5, 0.6) is 0 Å². The molecule has 0 spiro atoms. The van der Waals surface area contributed by atoms with Crippen molar-refractivity contribution < 1.29 is 0 Å². The molecule has 8 nitrogen and oxygen atoms in total. The second kappa shape index (κ2) is 5.78. The summed E-state index contributed by atoms with van der Waals surface area (Å²) in [6.07, 6.45) is 3.40. The average molecular weight is 292 g/mol. The van der Waals surface area contributed by atoms with Crippen LogP contribution >= 0.6 is 0 Å². The highest BCUT2D eigenvalue weighted by molar-refractivity contribution is 4.86. The Balaban J connectivity index is 2.13. The Morgan fingerprint density at radius 1 is 0.762 bits per heavy atom. The number of nitrogens with zero attached hydrogens (tertiary/aromatic N) is 4. The maximum Gasteiger partial charge on any atom is 0.330 e. The van der Waals surface area contributed by atoms with Crippen molar-refractivity contribution in [1.82, 2.24) is 18.3 Å². The molecule has 8 heteroatoms. The van der Waals surface area contributed by atoms with Crippen molar-refractivity contribution in [2.45, 2.75) is 19.5 Å². The van der Waals surface area contributed by atoms with Crippen LogP contribution in [-0.2, 0) is 27.2 Å². The summed E-state index contributed by atoms with van der Waals surface area (Å²) in [5, 5.41) is 0. The number of rotatable bonds is 4. The first kappa shape index (κ1) is 14.8. The molecule has 0 atom stereocenters. The minimum atomic E-state index is -0.393. The van der Waals surface area contributed by atoms with Gasteiger partial charge in [0.15, 0.2) is 0 Å². The molecule has 0 fully saturated rings. The van der Waals surface area contributed by atoms with Crippen LogP contribution in [-0.4, -0.2) is 18.3 Å². The quantitative estimate of drug-likeness (QED) is 0.686. The van der Waals surface area contributed by atoms with Crippen molar-refractivity contribution in [2.24, 2.45) is 14.1 Å². The van der Waals surface area contributed by atoms with Crippen LogP contribution < -0.4 is 22.5 Å². The lowest BCUT2D eigenvalue weighted by atomic mass is 10.4. The van der Waals surface area contributed by atoms with Gasteiger partial charge in [-0.15, -0.1) is 0 Å². The molecule has 112 valence electrons. The molecule has 0 saturated carbocycles. The zero-order chi connectivity index (χ0) is 15.6. The predicted octanol–water partition coefficient (Wildman–Crippen LogP) is -1.50. The van der Waals surface area contributed by atoms with E-state index in [1.165, 1.54) is 47.8 Å². The predicted molar refractivity (Wildman–Crippen MR) is 76.5 cm³/mol. The molecule has 0 bridgehead atoms. The second-order valence-corrected chi connectivity index (χ2v) is 4.73. The molecule has 0 aliphatic carbocycles. The van der Waals surface area contributed by atoms with Crippen LogP contribution in [0.4, 0.5) is 0 Å². The lowest BCUT2D eigenvalue weighted by Gasteiger charge is -2.09. The Labute approximate surface area is 119 Å². The molecule has 0 aliphatic rings. The Morgan fingerprint density at radius 2 is 1.14 bits per heavy atom. The lowest BCUT2D eigenvalue weighted by molar-refractivity contribution is 0.505. The van der Waals surface area contributed by atoms with Crippen molar-refractivity contribution >= 4 is 0 Å². The highest BCUT2D eigenvalue weighted by Gasteiger charge is 2.03. The zero-order valence-electron chi connectivity index (χ0n) is 11.9. The summed E-state index contributed by atoms with van der Waals surface area (Å²) in [6.45, 7) is 0.754. The van der Waals surface area contributed by atoms with Gasteiger partial charge < -0.3 is 9.13 Å². The van der Waals surface area contributed by atoms with Gasteiger partial charge in [0.25, 0.3) is 11.1 Å². The van der Waals surface area contributed by atoms with Gasteiger partial charge in [-0.25, -0.2) is 9.59 Å². The zero-order valence-corrected chi connectivity index (χ0v) is 11.9. The Hall–Kier alpha value is -2.64. The fourth-order valence-corrected chi connectivity index (χ4v) is 1.98. The molecular formula is C13H16N4O4. The topological polar surface area (TPSA) is 88.0 Å². The molecule has 0 aliphatic heterocycles. The lowest BCUT2D eigenvalue weighted by Crippen LogP contribution is -2.38. The molecule has 2 rings (SSSR count). The van der Waals surface area contributed by atoms with Crippen molar-refractivity contribution in [3.8, 4) is 0 Å². The van der Waals surface area contributed by atoms with E-state index in [1.54, 1.807) is 0 Å². The van der Waals surface area contributed by atoms with E-state index >= 15 is 0 Å². The fourth-order valence-electron chi connectivity index (χ4n) is 1.98. The normalized spacial score (nSPS) is 10.8. The van der Waals surface area contributed by atoms with Crippen LogP contribution in [0.15, 0.2) is 43.7 Å². The Kier molecular flexibility index (Phi) is 4.06. The van der Waals surface area contributed by atoms with Crippen molar-refractivity contribution in [3.63, 3.8) is 0 Å². The van der Waals surface area contributed by atoms with Gasteiger partial charge in [-0.2, -0.15) is 0 Å². The van der Waals surface area contributed by atoms with Crippen molar-refractivity contribution in [2.75, 3.05) is 0 Å². The molecule has 2 heterocycles. The smallest absolute Gasteiger partial charge is 0.300 e. The number of aromatic nitrogens is 4. The van der Waals surface area contributed by atoms with Gasteiger partial charge in [-0.1, -0.05) is 0 Å². The molecule has 0 unspecified atom stereocenters. The molecule has 0 radical (unpaired) electrons. The van der Waals surface area contributed by atoms with Crippen LogP contribution in [0.1, 0.15) is 6.42 Å². The number of aryl methyl sites for hydroxylation is 2. The van der Waals surface area contributed by atoms with Gasteiger partial charge >= 0.3 is 11.4 Å². The minimum Gasteiger partial charge on any atom is -0.300 e. The molecule has 2 aromatic rings. The third kappa shape index (κ3) is 2.93. The van der Waals surface area contributed by atoms with E-state index < -0.39 is 11.4 Å². The first-order valence-electron chi connectivity index (χ1n) is 6.45. The Morgan fingerprint density at radius 3 is 1.52 bits per heavy atom. The summed E-state index contributed by atoms with van der Waals surface area (Å²) < 4.78 is 4.87. The largest absolute Gasteiger partial charge is 0.330 e. The molecule has 2 aromatic heterocycles.